The molecule has 0 saturated heterocycles. The smallest absolute Gasteiger partial charge is 0.269 e. The summed E-state index contributed by atoms with van der Waals surface area (Å²) in [7, 11) is 0. The van der Waals surface area contributed by atoms with E-state index in [0.29, 0.717) is 23.5 Å². The first kappa shape index (κ1) is 18.0. The van der Waals surface area contributed by atoms with Gasteiger partial charge in [-0.15, -0.1) is 0 Å². The van der Waals surface area contributed by atoms with Crippen LogP contribution < -0.4 is 17.0 Å². The van der Waals surface area contributed by atoms with Gasteiger partial charge in [-0.05, 0) is 37.3 Å². The molecule has 2 rings (SSSR count). The Bertz CT molecular complexity index is 873. The molecule has 0 radical (unpaired) electrons. The van der Waals surface area contributed by atoms with Crippen LogP contribution >= 0.6 is 23.2 Å². The molecular formula is C16H15Cl2FN4O. The molecule has 0 amide bonds. The summed E-state index contributed by atoms with van der Waals surface area (Å²) in [5, 5.41) is -0.0561. The van der Waals surface area contributed by atoms with Gasteiger partial charge in [0.2, 0.25) is 0 Å². The largest absolute Gasteiger partial charge is 0.403 e. The van der Waals surface area contributed by atoms with Gasteiger partial charge in [0.25, 0.3) is 5.56 Å². The number of benzene rings is 1. The van der Waals surface area contributed by atoms with Crippen LogP contribution in [0, 0.1) is 5.82 Å². The van der Waals surface area contributed by atoms with Crippen molar-refractivity contribution in [3.8, 4) is 11.3 Å². The molecule has 0 bridgehead atoms. The lowest BCUT2D eigenvalue weighted by Gasteiger charge is -2.15. The number of hydrogen-bond donors (Lipinski definition) is 2. The number of nitrogens with two attached hydrogens (primary N) is 2. The van der Waals surface area contributed by atoms with Crippen molar-refractivity contribution < 1.29 is 4.39 Å². The Morgan fingerprint density at radius 3 is 2.54 bits per heavy atom. The third-order valence-electron chi connectivity index (χ3n) is 3.30. The highest BCUT2D eigenvalue weighted by molar-refractivity contribution is 6.69. The fourth-order valence-corrected chi connectivity index (χ4v) is 2.52. The van der Waals surface area contributed by atoms with Crippen LogP contribution in [0.25, 0.3) is 11.3 Å². The van der Waals surface area contributed by atoms with Gasteiger partial charge in [0.1, 0.15) is 10.8 Å². The highest BCUT2D eigenvalue weighted by Crippen LogP contribution is 2.32. The van der Waals surface area contributed by atoms with Crippen LogP contribution in [0.4, 0.5) is 10.1 Å². The molecule has 1 aromatic carbocycles. The zero-order valence-electron chi connectivity index (χ0n) is 12.8. The van der Waals surface area contributed by atoms with Crippen molar-refractivity contribution in [2.75, 3.05) is 0 Å². The topological polar surface area (TPSA) is 86.4 Å². The minimum Gasteiger partial charge on any atom is -0.403 e. The van der Waals surface area contributed by atoms with Gasteiger partial charge in [0, 0.05) is 18.3 Å². The number of hydrogen-bond acceptors (Lipinski definition) is 4. The molecule has 8 heteroatoms. The summed E-state index contributed by atoms with van der Waals surface area (Å²) >= 11 is 12.0. The highest BCUT2D eigenvalue weighted by Gasteiger charge is 2.15. The maximum atomic E-state index is 13.2. The molecule has 5 nitrogen and oxygen atoms in total. The Morgan fingerprint density at radius 1 is 1.38 bits per heavy atom. The van der Waals surface area contributed by atoms with E-state index in [0.717, 1.165) is 6.20 Å². The molecule has 0 aliphatic carbocycles. The summed E-state index contributed by atoms with van der Waals surface area (Å²) in [6.45, 7) is 2.13. The van der Waals surface area contributed by atoms with Gasteiger partial charge in [-0.3, -0.25) is 4.79 Å². The van der Waals surface area contributed by atoms with Crippen molar-refractivity contribution in [2.45, 2.75) is 13.5 Å². The van der Waals surface area contributed by atoms with E-state index in [9.17, 15) is 9.18 Å². The summed E-state index contributed by atoms with van der Waals surface area (Å²) in [6.07, 6.45) is 1.11. The molecular weight excluding hydrogens is 354 g/mol. The summed E-state index contributed by atoms with van der Waals surface area (Å²) < 4.78 is 14.6. The molecule has 2 aromatic rings. The third kappa shape index (κ3) is 3.60. The Morgan fingerprint density at radius 2 is 2.00 bits per heavy atom. The van der Waals surface area contributed by atoms with Crippen LogP contribution in [0.15, 0.2) is 52.0 Å². The van der Waals surface area contributed by atoms with Gasteiger partial charge in [-0.1, -0.05) is 23.2 Å². The standard InChI is InChI=1S/C16H15Cl2FN4O/c1-2-23-14(9-3-5-10(19)6-4-9)13(7-11(17)16(23)24)22-15(18)12(21)8-20/h3-8H,2,20-21H2,1H3. The van der Waals surface area contributed by atoms with Gasteiger partial charge in [-0.2, -0.15) is 0 Å². The minimum atomic E-state index is -0.392. The van der Waals surface area contributed by atoms with Crippen molar-refractivity contribution in [3.05, 3.63) is 63.4 Å². The molecule has 1 heterocycles. The van der Waals surface area contributed by atoms with E-state index in [-0.39, 0.29) is 21.4 Å². The van der Waals surface area contributed by atoms with Crippen LogP contribution in [-0.4, -0.2) is 9.74 Å². The molecule has 126 valence electrons. The second-order valence-electron chi connectivity index (χ2n) is 4.81. The zero-order valence-corrected chi connectivity index (χ0v) is 14.3. The Balaban J connectivity index is 2.81. The minimum absolute atomic E-state index is 0.0128. The highest BCUT2D eigenvalue weighted by atomic mass is 35.5. The number of rotatable bonds is 4. The molecule has 0 unspecified atom stereocenters. The maximum absolute atomic E-state index is 13.2. The number of aliphatic imine (C=N–C) groups is 1. The van der Waals surface area contributed by atoms with Gasteiger partial charge < -0.3 is 16.0 Å². The van der Waals surface area contributed by atoms with Gasteiger partial charge in [0.15, 0.2) is 5.17 Å². The average molecular weight is 369 g/mol. The molecule has 24 heavy (non-hydrogen) atoms. The zero-order chi connectivity index (χ0) is 17.9. The molecule has 0 spiro atoms. The molecule has 4 N–H and O–H groups in total. The Labute approximate surface area is 148 Å². The number of nitrogens with zero attached hydrogens (tertiary/aromatic N) is 2. The predicted octanol–water partition coefficient (Wildman–Crippen LogP) is 3.36. The summed E-state index contributed by atoms with van der Waals surface area (Å²) in [5.74, 6) is -0.392. The summed E-state index contributed by atoms with van der Waals surface area (Å²) in [5.41, 5.74) is 12.0. The molecule has 0 saturated carbocycles. The van der Waals surface area contributed by atoms with Gasteiger partial charge in [-0.25, -0.2) is 9.38 Å². The average Bonchev–Trinajstić information content (AvgIpc) is 2.57. The number of allylic oxidation sites excluding steroid dienone is 1. The first-order valence-electron chi connectivity index (χ1n) is 7.00. The first-order valence-corrected chi connectivity index (χ1v) is 7.75. The Hall–Kier alpha value is -2.31. The normalized spacial score (nSPS) is 12.5. The molecule has 0 atom stereocenters. The second kappa shape index (κ2) is 7.51. The van der Waals surface area contributed by atoms with Crippen molar-refractivity contribution in [2.24, 2.45) is 16.5 Å². The van der Waals surface area contributed by atoms with E-state index < -0.39 is 5.82 Å². The van der Waals surface area contributed by atoms with E-state index in [1.807, 2.05) is 0 Å². The number of aromatic nitrogens is 1. The fraction of sp³-hybridized carbons (Fsp3) is 0.125. The SMILES string of the molecule is CCn1c(-c2ccc(F)cc2)c(N=C(Cl)C(N)=CN)cc(Cl)c1=O. The molecule has 0 fully saturated rings. The van der Waals surface area contributed by atoms with Crippen molar-refractivity contribution in [1.29, 1.82) is 0 Å². The summed E-state index contributed by atoms with van der Waals surface area (Å²) in [4.78, 5) is 16.5. The van der Waals surface area contributed by atoms with Crippen molar-refractivity contribution in [1.82, 2.24) is 4.57 Å². The summed E-state index contributed by atoms with van der Waals surface area (Å²) in [6, 6.07) is 7.05. The van der Waals surface area contributed by atoms with E-state index in [4.69, 9.17) is 34.7 Å². The van der Waals surface area contributed by atoms with Crippen LogP contribution in [0.5, 0.6) is 0 Å². The number of halogens is 3. The lowest BCUT2D eigenvalue weighted by Crippen LogP contribution is -2.21. The van der Waals surface area contributed by atoms with Crippen LogP contribution in [0.2, 0.25) is 5.02 Å². The lowest BCUT2D eigenvalue weighted by molar-refractivity contribution is 0.628. The maximum Gasteiger partial charge on any atom is 0.269 e. The van der Waals surface area contributed by atoms with Gasteiger partial charge in [0.05, 0.1) is 17.1 Å². The quantitative estimate of drug-likeness (QED) is 0.811. The fourth-order valence-electron chi connectivity index (χ4n) is 2.16. The van der Waals surface area contributed by atoms with Crippen molar-refractivity contribution in [3.63, 3.8) is 0 Å². The third-order valence-corrected chi connectivity index (χ3v) is 3.87. The molecule has 1 aromatic heterocycles. The van der Waals surface area contributed by atoms with E-state index in [1.54, 1.807) is 19.1 Å². The van der Waals surface area contributed by atoms with Crippen molar-refractivity contribution >= 4 is 34.1 Å². The monoisotopic (exact) mass is 368 g/mol. The van der Waals surface area contributed by atoms with Crippen LogP contribution in [0.1, 0.15) is 6.92 Å². The second-order valence-corrected chi connectivity index (χ2v) is 5.57. The molecule has 0 aliphatic rings. The Kier molecular flexibility index (Phi) is 5.64. The predicted molar refractivity (Wildman–Crippen MR) is 96.2 cm³/mol. The molecule has 0 aliphatic heterocycles. The lowest BCUT2D eigenvalue weighted by atomic mass is 10.1. The van der Waals surface area contributed by atoms with E-state index in [2.05, 4.69) is 4.99 Å². The van der Waals surface area contributed by atoms with Crippen LogP contribution in [0.3, 0.4) is 0 Å². The van der Waals surface area contributed by atoms with Crippen LogP contribution in [-0.2, 0) is 6.54 Å². The number of pyridine rings is 1. The first-order chi connectivity index (χ1) is 11.4. The van der Waals surface area contributed by atoms with E-state index >= 15 is 0 Å². The van der Waals surface area contributed by atoms with Gasteiger partial charge >= 0.3 is 0 Å². The van der Waals surface area contributed by atoms with E-state index in [1.165, 1.54) is 22.8 Å².